The smallest absolute Gasteiger partial charge is 0.328 e. The van der Waals surface area contributed by atoms with Crippen LogP contribution >= 0.6 is 0 Å². The van der Waals surface area contributed by atoms with Gasteiger partial charge in [-0.25, -0.2) is 4.79 Å². The van der Waals surface area contributed by atoms with Crippen molar-refractivity contribution < 1.29 is 19.4 Å². The molecule has 0 atom stereocenters. The van der Waals surface area contributed by atoms with E-state index in [2.05, 4.69) is 6.92 Å². The van der Waals surface area contributed by atoms with E-state index in [4.69, 9.17) is 14.6 Å². The highest BCUT2D eigenvalue weighted by molar-refractivity contribution is 5.85. The van der Waals surface area contributed by atoms with E-state index in [1.54, 1.807) is 6.08 Å². The van der Waals surface area contributed by atoms with Gasteiger partial charge in [-0.1, -0.05) is 51.2 Å². The standard InChI is InChI=1S/C24H36O4/c1-2-3-4-5-6-7-18-27-22-15-10-21(11-16-22)19-28-23-13-8-20(9-14-23)12-17-24(25)26/h8-9,12-14,17,21-22H,2-7,10-11,15-16,18-19H2,1H3,(H,25,26). The number of unbranched alkanes of at least 4 members (excludes halogenated alkanes) is 5. The van der Waals surface area contributed by atoms with Gasteiger partial charge in [0.2, 0.25) is 0 Å². The lowest BCUT2D eigenvalue weighted by atomic mass is 9.88. The van der Waals surface area contributed by atoms with E-state index in [0.29, 0.717) is 12.0 Å². The van der Waals surface area contributed by atoms with Gasteiger partial charge in [-0.3, -0.25) is 0 Å². The van der Waals surface area contributed by atoms with E-state index >= 15 is 0 Å². The summed E-state index contributed by atoms with van der Waals surface area (Å²) in [4.78, 5) is 10.5. The lowest BCUT2D eigenvalue weighted by Crippen LogP contribution is -2.25. The lowest BCUT2D eigenvalue weighted by Gasteiger charge is -2.28. The summed E-state index contributed by atoms with van der Waals surface area (Å²) in [7, 11) is 0. The number of carboxylic acid groups (broad SMARTS) is 1. The van der Waals surface area contributed by atoms with Crippen molar-refractivity contribution in [3.05, 3.63) is 35.9 Å². The minimum atomic E-state index is -0.938. The molecule has 156 valence electrons. The van der Waals surface area contributed by atoms with Crippen LogP contribution in [-0.4, -0.2) is 30.4 Å². The van der Waals surface area contributed by atoms with E-state index in [9.17, 15) is 4.79 Å². The summed E-state index contributed by atoms with van der Waals surface area (Å²) in [5.74, 6) is 0.501. The SMILES string of the molecule is CCCCCCCCOC1CCC(COc2ccc(C=CC(=O)O)cc2)CC1. The van der Waals surface area contributed by atoms with Crippen molar-refractivity contribution in [1.82, 2.24) is 0 Å². The molecule has 1 aliphatic carbocycles. The second-order valence-electron chi connectivity index (χ2n) is 7.83. The molecular formula is C24H36O4. The quantitative estimate of drug-likeness (QED) is 0.328. The van der Waals surface area contributed by atoms with Crippen LogP contribution in [0.4, 0.5) is 0 Å². The molecule has 2 rings (SSSR count). The normalized spacial score (nSPS) is 19.8. The molecule has 0 saturated heterocycles. The fraction of sp³-hybridized carbons (Fsp3) is 0.625. The number of aliphatic carboxylic acids is 1. The van der Waals surface area contributed by atoms with Crippen LogP contribution < -0.4 is 4.74 Å². The van der Waals surface area contributed by atoms with Gasteiger partial charge in [-0.15, -0.1) is 0 Å². The fourth-order valence-electron chi connectivity index (χ4n) is 3.65. The Morgan fingerprint density at radius 2 is 1.71 bits per heavy atom. The minimum Gasteiger partial charge on any atom is -0.493 e. The minimum absolute atomic E-state index is 0.437. The van der Waals surface area contributed by atoms with E-state index in [-0.39, 0.29) is 0 Å². The third kappa shape index (κ3) is 9.41. The molecule has 0 amide bonds. The van der Waals surface area contributed by atoms with E-state index in [1.807, 2.05) is 24.3 Å². The van der Waals surface area contributed by atoms with Crippen LogP contribution in [0.15, 0.2) is 30.3 Å². The van der Waals surface area contributed by atoms with E-state index in [1.165, 1.54) is 51.4 Å². The molecule has 0 unspecified atom stereocenters. The second-order valence-corrected chi connectivity index (χ2v) is 7.83. The molecular weight excluding hydrogens is 352 g/mol. The Morgan fingerprint density at radius 1 is 1.04 bits per heavy atom. The number of hydrogen-bond acceptors (Lipinski definition) is 3. The molecule has 0 radical (unpaired) electrons. The number of hydrogen-bond donors (Lipinski definition) is 1. The van der Waals surface area contributed by atoms with Crippen LogP contribution in [-0.2, 0) is 9.53 Å². The summed E-state index contributed by atoms with van der Waals surface area (Å²) < 4.78 is 12.0. The van der Waals surface area contributed by atoms with Crippen molar-refractivity contribution in [3.8, 4) is 5.75 Å². The first-order valence-electron chi connectivity index (χ1n) is 10.9. The van der Waals surface area contributed by atoms with Gasteiger partial charge in [0.15, 0.2) is 0 Å². The van der Waals surface area contributed by atoms with Crippen molar-refractivity contribution in [3.63, 3.8) is 0 Å². The van der Waals surface area contributed by atoms with Gasteiger partial charge in [0, 0.05) is 12.7 Å². The molecule has 0 aromatic heterocycles. The Hall–Kier alpha value is -1.81. The fourth-order valence-corrected chi connectivity index (χ4v) is 3.65. The Bertz CT molecular complexity index is 571. The average Bonchev–Trinajstić information content (AvgIpc) is 2.71. The highest BCUT2D eigenvalue weighted by atomic mass is 16.5. The third-order valence-electron chi connectivity index (χ3n) is 5.43. The topological polar surface area (TPSA) is 55.8 Å². The average molecular weight is 389 g/mol. The van der Waals surface area contributed by atoms with Crippen LogP contribution in [0.25, 0.3) is 6.08 Å². The van der Waals surface area contributed by atoms with Crippen molar-refractivity contribution in [2.45, 2.75) is 77.2 Å². The number of ether oxygens (including phenoxy) is 2. The highest BCUT2D eigenvalue weighted by Crippen LogP contribution is 2.27. The first kappa shape index (κ1) is 22.5. The Labute approximate surface area is 169 Å². The highest BCUT2D eigenvalue weighted by Gasteiger charge is 2.22. The summed E-state index contributed by atoms with van der Waals surface area (Å²) in [6.45, 7) is 3.91. The van der Waals surface area contributed by atoms with Gasteiger partial charge in [0.1, 0.15) is 5.75 Å². The Balaban J connectivity index is 1.55. The zero-order chi connectivity index (χ0) is 20.0. The molecule has 1 saturated carbocycles. The Morgan fingerprint density at radius 3 is 2.39 bits per heavy atom. The van der Waals surface area contributed by atoms with E-state index in [0.717, 1.165) is 43.4 Å². The van der Waals surface area contributed by atoms with Crippen molar-refractivity contribution in [1.29, 1.82) is 0 Å². The van der Waals surface area contributed by atoms with Crippen LogP contribution in [0.5, 0.6) is 5.75 Å². The summed E-state index contributed by atoms with van der Waals surface area (Å²) in [5, 5.41) is 8.66. The molecule has 1 aromatic carbocycles. The van der Waals surface area contributed by atoms with Crippen molar-refractivity contribution >= 4 is 12.0 Å². The largest absolute Gasteiger partial charge is 0.493 e. The molecule has 28 heavy (non-hydrogen) atoms. The van der Waals surface area contributed by atoms with Crippen LogP contribution in [0.2, 0.25) is 0 Å². The van der Waals surface area contributed by atoms with Gasteiger partial charge in [0.25, 0.3) is 0 Å². The molecule has 1 aliphatic rings. The zero-order valence-electron chi connectivity index (χ0n) is 17.3. The summed E-state index contributed by atoms with van der Waals surface area (Å²) in [5.41, 5.74) is 0.859. The van der Waals surface area contributed by atoms with Gasteiger partial charge >= 0.3 is 5.97 Å². The molecule has 1 N–H and O–H groups in total. The molecule has 1 aromatic rings. The van der Waals surface area contributed by atoms with Crippen LogP contribution in [0, 0.1) is 5.92 Å². The van der Waals surface area contributed by atoms with Crippen molar-refractivity contribution in [2.24, 2.45) is 5.92 Å². The molecule has 0 spiro atoms. The summed E-state index contributed by atoms with van der Waals surface area (Å²) in [6.07, 6.45) is 15.7. The van der Waals surface area contributed by atoms with Crippen LogP contribution in [0.3, 0.4) is 0 Å². The van der Waals surface area contributed by atoms with Gasteiger partial charge < -0.3 is 14.6 Å². The first-order chi connectivity index (χ1) is 13.7. The number of rotatable bonds is 13. The molecule has 0 heterocycles. The second kappa shape index (κ2) is 13.4. The van der Waals surface area contributed by atoms with E-state index < -0.39 is 5.97 Å². The molecule has 1 fully saturated rings. The molecule has 0 bridgehead atoms. The maximum absolute atomic E-state index is 10.5. The molecule has 4 heteroatoms. The predicted molar refractivity (Wildman–Crippen MR) is 114 cm³/mol. The number of carboxylic acids is 1. The molecule has 4 nitrogen and oxygen atoms in total. The number of benzene rings is 1. The van der Waals surface area contributed by atoms with Crippen molar-refractivity contribution in [2.75, 3.05) is 13.2 Å². The van der Waals surface area contributed by atoms with Gasteiger partial charge in [-0.05, 0) is 61.8 Å². The summed E-state index contributed by atoms with van der Waals surface area (Å²) >= 11 is 0. The number of carbonyl (C=O) groups is 1. The van der Waals surface area contributed by atoms with Gasteiger partial charge in [0.05, 0.1) is 12.7 Å². The maximum Gasteiger partial charge on any atom is 0.328 e. The Kier molecular flexibility index (Phi) is 10.7. The summed E-state index contributed by atoms with van der Waals surface area (Å²) in [6, 6.07) is 7.55. The maximum atomic E-state index is 10.5. The lowest BCUT2D eigenvalue weighted by molar-refractivity contribution is -0.131. The predicted octanol–water partition coefficient (Wildman–Crippen LogP) is 6.10. The van der Waals surface area contributed by atoms with Crippen LogP contribution in [0.1, 0.15) is 76.7 Å². The molecule has 0 aliphatic heterocycles. The van der Waals surface area contributed by atoms with Gasteiger partial charge in [-0.2, -0.15) is 0 Å². The first-order valence-corrected chi connectivity index (χ1v) is 10.9. The monoisotopic (exact) mass is 388 g/mol. The third-order valence-corrected chi connectivity index (χ3v) is 5.43. The zero-order valence-corrected chi connectivity index (χ0v) is 17.3.